The zero-order valence-corrected chi connectivity index (χ0v) is 58.6. The third kappa shape index (κ3) is 41.3. The van der Waals surface area contributed by atoms with Crippen LogP contribution >= 0.6 is 0 Å². The van der Waals surface area contributed by atoms with E-state index >= 15 is 0 Å². The van der Waals surface area contributed by atoms with Crippen molar-refractivity contribution in [2.75, 3.05) is 98.2 Å². The molecule has 0 aromatic heterocycles. The molecule has 3 atom stereocenters. The average molecular weight is 1590 g/mol. The molecule has 0 heterocycles. The van der Waals surface area contributed by atoms with Gasteiger partial charge in [0.15, 0.2) is 0 Å². The summed E-state index contributed by atoms with van der Waals surface area (Å²) in [7, 11) is 0. The van der Waals surface area contributed by atoms with Crippen LogP contribution in [0.2, 0.25) is 0 Å². The summed E-state index contributed by atoms with van der Waals surface area (Å²) in [4.78, 5) is 138. The smallest absolute Gasteiger partial charge is 0.549 e. The Morgan fingerprint density at radius 3 is 0.565 bits per heavy atom. The van der Waals surface area contributed by atoms with E-state index in [4.69, 9.17) is 0 Å². The fourth-order valence-corrected chi connectivity index (χ4v) is 7.68. The Labute approximate surface area is 561 Å². The van der Waals surface area contributed by atoms with Crippen LogP contribution in [0, 0.1) is 0 Å². The number of carboxylic acid groups (broad SMARTS) is 12. The summed E-state index contributed by atoms with van der Waals surface area (Å²) in [6.07, 6.45) is -0.174. The van der Waals surface area contributed by atoms with Gasteiger partial charge in [-0.05, 0) is 36.0 Å². The van der Waals surface area contributed by atoms with Crippen molar-refractivity contribution in [3.05, 3.63) is 108 Å². The Morgan fingerprint density at radius 1 is 0.259 bits per heavy atom. The summed E-state index contributed by atoms with van der Waals surface area (Å²) < 4.78 is 0. The van der Waals surface area contributed by atoms with Crippen LogP contribution in [0.1, 0.15) is 16.7 Å². The molecule has 85 heavy (non-hydrogen) atoms. The number of carbonyl (C=O) groups excluding carboxylic acids is 12. The summed E-state index contributed by atoms with van der Waals surface area (Å²) >= 11 is 0. The average Bonchev–Trinajstić information content (AvgIpc) is 3.35. The molecule has 0 amide bonds. The molecule has 3 aromatic rings. The quantitative estimate of drug-likeness (QED) is 0.0512. The van der Waals surface area contributed by atoms with Crippen molar-refractivity contribution in [2.24, 2.45) is 0 Å². The van der Waals surface area contributed by atoms with Gasteiger partial charge < -0.3 is 119 Å². The summed E-state index contributed by atoms with van der Waals surface area (Å²) in [6, 6.07) is 21.3. The molecule has 0 radical (unpaired) electrons. The van der Waals surface area contributed by atoms with Crippen LogP contribution in [0.15, 0.2) is 91.0 Å². The van der Waals surface area contributed by atoms with Gasteiger partial charge in [0, 0.05) is 98.2 Å². The van der Waals surface area contributed by atoms with Gasteiger partial charge in [-0.3, -0.25) is 29.4 Å². The molecule has 0 fully saturated rings. The number of nitrogens with zero attached hydrogens (tertiary/aromatic N) is 6. The number of carboxylic acids is 12. The molecule has 0 aliphatic carbocycles. The fraction of sp³-hybridized carbons (Fsp3) is 0.412. The van der Waals surface area contributed by atoms with Crippen LogP contribution in [-0.4, -0.2) is 321 Å². The first-order valence-corrected chi connectivity index (χ1v) is 24.0. The largest absolute Gasteiger partial charge is 3.00 e. The molecule has 0 aliphatic heterocycles. The van der Waals surface area contributed by atoms with Crippen molar-refractivity contribution in [1.29, 1.82) is 0 Å². The number of carbonyl (C=O) groups is 12. The van der Waals surface area contributed by atoms with Gasteiger partial charge >= 0.3 is 103 Å². The molecule has 444 valence electrons. The van der Waals surface area contributed by atoms with Crippen molar-refractivity contribution >= 4 is 175 Å². The third-order valence-electron chi connectivity index (χ3n) is 11.2. The molecular formula is C51H54In4N6O24. The van der Waals surface area contributed by atoms with Crippen molar-refractivity contribution < 1.29 is 119 Å². The molecule has 0 saturated heterocycles. The molecule has 3 rings (SSSR count). The fourth-order valence-electron chi connectivity index (χ4n) is 7.68. The first-order valence-electron chi connectivity index (χ1n) is 24.0. The van der Waals surface area contributed by atoms with Crippen LogP contribution < -0.4 is 61.3 Å². The first-order chi connectivity index (χ1) is 38.1. The summed E-state index contributed by atoms with van der Waals surface area (Å²) in [5, 5.41) is 132. The van der Waals surface area contributed by atoms with Crippen LogP contribution in [0.3, 0.4) is 0 Å². The van der Waals surface area contributed by atoms with Crippen LogP contribution in [0.4, 0.5) is 0 Å². The second kappa shape index (κ2) is 47.7. The van der Waals surface area contributed by atoms with Crippen molar-refractivity contribution in [2.45, 2.75) is 37.4 Å². The SMILES string of the molecule is O=C([O-])CN(CCN(CC(=O)[O-])[C@@H](Cc1ccccc1)C(=O)[O-])CC(=O)[O-].O=C([O-])CN(CCN(CC(=O)[O-])[C@@H](Cc1ccccc1)C(=O)[O-])CC(=O)[O-].O=C([O-])CN(CCN(CC(=O)[O-])[C@@H](Cc1ccccc1)C(=O)[O-])CC(=O)[O-].[In+3].[In+3].[In+3].[In+3]. The van der Waals surface area contributed by atoms with Gasteiger partial charge in [-0.15, -0.1) is 0 Å². The topological polar surface area (TPSA) is 501 Å². The Hall–Kier alpha value is -5.46. The Bertz CT molecular complexity index is 2240. The van der Waals surface area contributed by atoms with Gasteiger partial charge in [-0.1, -0.05) is 91.0 Å². The second-order valence-corrected chi connectivity index (χ2v) is 17.5. The van der Waals surface area contributed by atoms with E-state index in [0.29, 0.717) is 16.7 Å². The predicted molar refractivity (Wildman–Crippen MR) is 269 cm³/mol. The van der Waals surface area contributed by atoms with Gasteiger partial charge in [0.25, 0.3) is 0 Å². The maximum Gasteiger partial charge on any atom is 3.00 e. The summed E-state index contributed by atoms with van der Waals surface area (Å²) in [5.74, 6) is -18.4. The minimum atomic E-state index is -1.54. The zero-order chi connectivity index (χ0) is 61.2. The van der Waals surface area contributed by atoms with E-state index in [1.54, 1.807) is 91.0 Å². The number of hydrogen-bond acceptors (Lipinski definition) is 30. The maximum atomic E-state index is 11.5. The van der Waals surface area contributed by atoms with Gasteiger partial charge in [-0.2, -0.15) is 0 Å². The predicted octanol–water partition coefficient (Wildman–Crippen LogP) is -18.9. The molecular weight excluding hydrogens is 1540 g/mol. The minimum Gasteiger partial charge on any atom is -0.549 e. The van der Waals surface area contributed by atoms with Gasteiger partial charge in [0.1, 0.15) is 0 Å². The summed E-state index contributed by atoms with van der Waals surface area (Å²) in [5.41, 5.74) is 1.86. The van der Waals surface area contributed by atoms with Crippen LogP contribution in [0.25, 0.3) is 0 Å². The van der Waals surface area contributed by atoms with E-state index in [2.05, 4.69) is 0 Å². The molecule has 0 N–H and O–H groups in total. The first kappa shape index (κ1) is 86.0. The van der Waals surface area contributed by atoms with Crippen molar-refractivity contribution in [1.82, 2.24) is 29.4 Å². The van der Waals surface area contributed by atoms with Crippen molar-refractivity contribution in [3.63, 3.8) is 0 Å². The maximum absolute atomic E-state index is 11.5. The monoisotopic (exact) mass is 1590 g/mol. The summed E-state index contributed by atoms with van der Waals surface area (Å²) in [6.45, 7) is -8.14. The minimum absolute atomic E-state index is 0. The number of hydrogen-bond donors (Lipinski definition) is 0. The molecule has 3 aromatic carbocycles. The number of aliphatic carboxylic acids is 12. The van der Waals surface area contributed by atoms with E-state index in [1.165, 1.54) is 0 Å². The van der Waals surface area contributed by atoms with E-state index < -0.39 is 149 Å². The molecule has 0 aliphatic rings. The van der Waals surface area contributed by atoms with Gasteiger partial charge in [0.05, 0.1) is 89.8 Å². The third-order valence-corrected chi connectivity index (χ3v) is 11.2. The molecule has 0 unspecified atom stereocenters. The normalized spacial score (nSPS) is 11.5. The van der Waals surface area contributed by atoms with E-state index in [-0.39, 0.29) is 162 Å². The van der Waals surface area contributed by atoms with Gasteiger partial charge in [-0.25, -0.2) is 0 Å². The van der Waals surface area contributed by atoms with E-state index in [9.17, 15) is 119 Å². The standard InChI is InChI=1S/3C17H22N2O8.4In/c3*20-14(21)9-18(10-15(22)23)6-7-19(11-16(24)25)13(17(26)27)8-12-4-2-1-3-5-12;;;;/h3*1-5,13H,6-11H2,(H,20,21)(H,22,23)(H,24,25)(H,26,27);;;;/q;;;4*+3/p-12/t3*13-;;;;/m000..../s1. The molecule has 0 spiro atoms. The van der Waals surface area contributed by atoms with Gasteiger partial charge in [0.2, 0.25) is 0 Å². The molecule has 0 saturated carbocycles. The Balaban J connectivity index is -0.000000566. The van der Waals surface area contributed by atoms with Crippen LogP contribution in [0.5, 0.6) is 0 Å². The molecule has 30 nitrogen and oxygen atoms in total. The zero-order valence-electron chi connectivity index (χ0n) is 45.4. The second-order valence-electron chi connectivity index (χ2n) is 17.5. The Morgan fingerprint density at radius 2 is 0.424 bits per heavy atom. The van der Waals surface area contributed by atoms with Crippen LogP contribution in [-0.2, 0) is 76.8 Å². The molecule has 0 bridgehead atoms. The Kier molecular flexibility index (Phi) is 48.2. The van der Waals surface area contributed by atoms with E-state index in [1.807, 2.05) is 0 Å². The number of benzene rings is 3. The van der Waals surface area contributed by atoms with E-state index in [0.717, 1.165) is 29.4 Å². The molecule has 34 heteroatoms. The van der Waals surface area contributed by atoms with Crippen molar-refractivity contribution in [3.8, 4) is 0 Å². The number of rotatable bonds is 39.